The largest absolute Gasteiger partial charge is 0.356 e. The minimum Gasteiger partial charge on any atom is -0.356 e. The molecule has 0 fully saturated rings. The molecule has 2 rings (SSSR count). The number of hydrogen-bond acceptors (Lipinski definition) is 3. The van der Waals surface area contributed by atoms with Gasteiger partial charge in [0.25, 0.3) is 0 Å². The van der Waals surface area contributed by atoms with Gasteiger partial charge in [-0.25, -0.2) is 0 Å². The van der Waals surface area contributed by atoms with E-state index in [0.717, 1.165) is 23.6 Å². The first-order valence-corrected chi connectivity index (χ1v) is 6.22. The Bertz CT molecular complexity index is 523. The third-order valence-corrected chi connectivity index (χ3v) is 2.66. The Hall–Kier alpha value is -1.61. The monoisotopic (exact) mass is 244 g/mol. The van der Waals surface area contributed by atoms with Crippen molar-refractivity contribution in [3.8, 4) is 11.3 Å². The van der Waals surface area contributed by atoms with E-state index in [4.69, 9.17) is 4.52 Å². The van der Waals surface area contributed by atoms with Crippen molar-refractivity contribution in [2.24, 2.45) is 0 Å². The Balaban J connectivity index is 2.11. The summed E-state index contributed by atoms with van der Waals surface area (Å²) >= 11 is 0. The van der Waals surface area contributed by atoms with Crippen LogP contribution in [0.2, 0.25) is 0 Å². The van der Waals surface area contributed by atoms with Crippen LogP contribution in [0.1, 0.15) is 32.0 Å². The molecule has 0 atom stereocenters. The molecule has 1 N–H and O–H groups in total. The second-order valence-corrected chi connectivity index (χ2v) is 5.66. The van der Waals surface area contributed by atoms with Crippen LogP contribution in [0.25, 0.3) is 11.3 Å². The van der Waals surface area contributed by atoms with E-state index < -0.39 is 0 Å². The van der Waals surface area contributed by atoms with Crippen LogP contribution >= 0.6 is 0 Å². The van der Waals surface area contributed by atoms with E-state index in [-0.39, 0.29) is 5.54 Å². The van der Waals surface area contributed by atoms with E-state index in [9.17, 15) is 0 Å². The Morgan fingerprint density at radius 1 is 1.22 bits per heavy atom. The lowest BCUT2D eigenvalue weighted by molar-refractivity contribution is 0.392. The maximum absolute atomic E-state index is 5.38. The lowest BCUT2D eigenvalue weighted by Crippen LogP contribution is -2.35. The Kier molecular flexibility index (Phi) is 3.53. The lowest BCUT2D eigenvalue weighted by Gasteiger charge is -2.19. The highest BCUT2D eigenvalue weighted by Crippen LogP contribution is 2.21. The second kappa shape index (κ2) is 4.94. The van der Waals surface area contributed by atoms with Crippen LogP contribution in [-0.2, 0) is 6.54 Å². The van der Waals surface area contributed by atoms with Crippen molar-refractivity contribution in [3.63, 3.8) is 0 Å². The topological polar surface area (TPSA) is 38.1 Å². The number of aromatic nitrogens is 1. The number of hydrogen-bond donors (Lipinski definition) is 1. The fraction of sp³-hybridized carbons (Fsp3) is 0.400. The SMILES string of the molecule is Cc1cccc(-c2cc(CNC(C)(C)C)no2)c1. The maximum atomic E-state index is 5.38. The molecule has 0 unspecified atom stereocenters. The lowest BCUT2D eigenvalue weighted by atomic mass is 10.1. The molecule has 0 aliphatic heterocycles. The van der Waals surface area contributed by atoms with Crippen molar-refractivity contribution < 1.29 is 4.52 Å². The second-order valence-electron chi connectivity index (χ2n) is 5.66. The molecule has 1 aromatic heterocycles. The quantitative estimate of drug-likeness (QED) is 0.897. The summed E-state index contributed by atoms with van der Waals surface area (Å²) in [5.41, 5.74) is 3.31. The molecule has 3 heteroatoms. The van der Waals surface area contributed by atoms with Crippen molar-refractivity contribution in [3.05, 3.63) is 41.6 Å². The number of benzene rings is 1. The molecule has 0 aliphatic carbocycles. The molecule has 0 radical (unpaired) electrons. The van der Waals surface area contributed by atoms with Crippen LogP contribution < -0.4 is 5.32 Å². The van der Waals surface area contributed by atoms with Crippen molar-refractivity contribution in [1.82, 2.24) is 10.5 Å². The highest BCUT2D eigenvalue weighted by atomic mass is 16.5. The number of nitrogens with zero attached hydrogens (tertiary/aromatic N) is 1. The van der Waals surface area contributed by atoms with Crippen molar-refractivity contribution in [1.29, 1.82) is 0 Å². The summed E-state index contributed by atoms with van der Waals surface area (Å²) in [6, 6.07) is 10.2. The Labute approximate surface area is 108 Å². The molecule has 1 aromatic carbocycles. The van der Waals surface area contributed by atoms with Crippen LogP contribution in [-0.4, -0.2) is 10.7 Å². The Morgan fingerprint density at radius 3 is 2.67 bits per heavy atom. The first kappa shape index (κ1) is 12.8. The molecule has 0 bridgehead atoms. The van der Waals surface area contributed by atoms with Crippen LogP contribution in [0, 0.1) is 6.92 Å². The predicted octanol–water partition coefficient (Wildman–Crippen LogP) is 3.54. The summed E-state index contributed by atoms with van der Waals surface area (Å²) < 4.78 is 5.38. The minimum absolute atomic E-state index is 0.0858. The third kappa shape index (κ3) is 3.44. The minimum atomic E-state index is 0.0858. The highest BCUT2D eigenvalue weighted by molar-refractivity contribution is 5.58. The summed E-state index contributed by atoms with van der Waals surface area (Å²) in [6.07, 6.45) is 0. The van der Waals surface area contributed by atoms with Gasteiger partial charge in [0.15, 0.2) is 5.76 Å². The van der Waals surface area contributed by atoms with Crippen molar-refractivity contribution >= 4 is 0 Å². The van der Waals surface area contributed by atoms with Gasteiger partial charge in [-0.05, 0) is 33.8 Å². The standard InChI is InChI=1S/C15H20N2O/c1-11-6-5-7-12(8-11)14-9-13(17-18-14)10-16-15(2,3)4/h5-9,16H,10H2,1-4H3. The number of rotatable bonds is 3. The molecular formula is C15H20N2O. The molecule has 1 heterocycles. The molecule has 3 nitrogen and oxygen atoms in total. The maximum Gasteiger partial charge on any atom is 0.167 e. The molecule has 0 saturated heterocycles. The summed E-state index contributed by atoms with van der Waals surface area (Å²) in [7, 11) is 0. The predicted molar refractivity (Wildman–Crippen MR) is 73.3 cm³/mol. The average molecular weight is 244 g/mol. The van der Waals surface area contributed by atoms with Crippen molar-refractivity contribution in [2.45, 2.75) is 39.8 Å². The summed E-state index contributed by atoms with van der Waals surface area (Å²) in [5, 5.41) is 7.48. The van der Waals surface area contributed by atoms with Gasteiger partial charge in [0, 0.05) is 23.7 Å². The highest BCUT2D eigenvalue weighted by Gasteiger charge is 2.11. The molecule has 18 heavy (non-hydrogen) atoms. The van der Waals surface area contributed by atoms with E-state index in [2.05, 4.69) is 50.3 Å². The van der Waals surface area contributed by atoms with Gasteiger partial charge in [0.1, 0.15) is 0 Å². The van der Waals surface area contributed by atoms with Gasteiger partial charge < -0.3 is 9.84 Å². The van der Waals surface area contributed by atoms with Crippen LogP contribution in [0.3, 0.4) is 0 Å². The summed E-state index contributed by atoms with van der Waals surface area (Å²) in [6.45, 7) is 9.19. The molecule has 0 amide bonds. The Morgan fingerprint density at radius 2 is 2.00 bits per heavy atom. The molecule has 0 aliphatic rings. The smallest absolute Gasteiger partial charge is 0.167 e. The zero-order valence-corrected chi connectivity index (χ0v) is 11.4. The van der Waals surface area contributed by atoms with Crippen LogP contribution in [0.5, 0.6) is 0 Å². The van der Waals surface area contributed by atoms with E-state index in [1.54, 1.807) is 0 Å². The first-order valence-electron chi connectivity index (χ1n) is 6.22. The molecular weight excluding hydrogens is 224 g/mol. The van der Waals surface area contributed by atoms with Crippen LogP contribution in [0.15, 0.2) is 34.9 Å². The molecule has 2 aromatic rings. The fourth-order valence-corrected chi connectivity index (χ4v) is 1.69. The normalized spacial score (nSPS) is 11.8. The molecule has 0 spiro atoms. The van der Waals surface area contributed by atoms with E-state index in [1.165, 1.54) is 5.56 Å². The van der Waals surface area contributed by atoms with Gasteiger partial charge in [-0.2, -0.15) is 0 Å². The zero-order chi connectivity index (χ0) is 13.2. The van der Waals surface area contributed by atoms with Gasteiger partial charge in [-0.1, -0.05) is 28.9 Å². The molecule has 0 saturated carbocycles. The fourth-order valence-electron chi connectivity index (χ4n) is 1.69. The van der Waals surface area contributed by atoms with Crippen molar-refractivity contribution in [2.75, 3.05) is 0 Å². The molecule has 96 valence electrons. The number of aryl methyl sites for hydroxylation is 1. The van der Waals surface area contributed by atoms with E-state index >= 15 is 0 Å². The summed E-state index contributed by atoms with van der Waals surface area (Å²) in [5.74, 6) is 0.824. The van der Waals surface area contributed by atoms with E-state index in [0.29, 0.717) is 0 Å². The van der Waals surface area contributed by atoms with E-state index in [1.807, 2.05) is 18.2 Å². The van der Waals surface area contributed by atoms with Gasteiger partial charge in [0.05, 0.1) is 5.69 Å². The average Bonchev–Trinajstić information content (AvgIpc) is 2.74. The number of nitrogens with one attached hydrogen (secondary N) is 1. The summed E-state index contributed by atoms with van der Waals surface area (Å²) in [4.78, 5) is 0. The zero-order valence-electron chi connectivity index (χ0n) is 11.4. The van der Waals surface area contributed by atoms with Gasteiger partial charge in [0.2, 0.25) is 0 Å². The van der Waals surface area contributed by atoms with Gasteiger partial charge in [-0.15, -0.1) is 0 Å². The van der Waals surface area contributed by atoms with Gasteiger partial charge in [-0.3, -0.25) is 0 Å². The first-order chi connectivity index (χ1) is 8.44. The third-order valence-electron chi connectivity index (χ3n) is 2.66. The van der Waals surface area contributed by atoms with Crippen LogP contribution in [0.4, 0.5) is 0 Å². The van der Waals surface area contributed by atoms with Gasteiger partial charge >= 0.3 is 0 Å².